The summed E-state index contributed by atoms with van der Waals surface area (Å²) in [6, 6.07) is 15.3. The van der Waals surface area contributed by atoms with Crippen LogP contribution in [0.4, 0.5) is 4.79 Å². The number of hydrogen-bond acceptors (Lipinski definition) is 5. The van der Waals surface area contributed by atoms with Gasteiger partial charge < -0.3 is 21.1 Å². The fourth-order valence-electron chi connectivity index (χ4n) is 3.41. The number of nitrogens with two attached hydrogens (primary N) is 1. The molecule has 0 bridgehead atoms. The van der Waals surface area contributed by atoms with Crippen LogP contribution in [0.5, 0.6) is 0 Å². The number of carbonyl (C=O) groups is 3. The molecule has 3 aromatic rings. The zero-order valence-corrected chi connectivity index (χ0v) is 19.8. The smallest absolute Gasteiger partial charge is 0.408 e. The predicted molar refractivity (Wildman–Crippen MR) is 130 cm³/mol. The summed E-state index contributed by atoms with van der Waals surface area (Å²) in [4.78, 5) is 37.8. The van der Waals surface area contributed by atoms with Crippen LogP contribution in [-0.4, -0.2) is 35.6 Å². The third kappa shape index (κ3) is 7.05. The lowest BCUT2D eigenvalue weighted by molar-refractivity contribution is -0.128. The minimum Gasteiger partial charge on any atom is -0.444 e. The molecule has 0 saturated carbocycles. The van der Waals surface area contributed by atoms with Gasteiger partial charge in [-0.1, -0.05) is 48.5 Å². The van der Waals surface area contributed by atoms with Gasteiger partial charge in [0.25, 0.3) is 0 Å². The molecule has 0 aliphatic heterocycles. The molecule has 2 atom stereocenters. The maximum atomic E-state index is 13.2. The van der Waals surface area contributed by atoms with Crippen LogP contribution in [-0.2, 0) is 27.2 Å². The van der Waals surface area contributed by atoms with E-state index in [1.807, 2.05) is 60.0 Å². The average molecular weight is 468 g/mol. The molecule has 2 aromatic carbocycles. The minimum atomic E-state index is -0.949. The highest BCUT2D eigenvalue weighted by atomic mass is 32.1. The van der Waals surface area contributed by atoms with Gasteiger partial charge in [0, 0.05) is 17.5 Å². The predicted octanol–water partition coefficient (Wildman–Crippen LogP) is 3.55. The quantitative estimate of drug-likeness (QED) is 0.470. The van der Waals surface area contributed by atoms with Crippen LogP contribution in [0.3, 0.4) is 0 Å². The van der Waals surface area contributed by atoms with Crippen LogP contribution >= 0.6 is 11.3 Å². The van der Waals surface area contributed by atoms with Gasteiger partial charge in [-0.2, -0.15) is 0 Å². The van der Waals surface area contributed by atoms with Crippen molar-refractivity contribution in [1.82, 2.24) is 10.6 Å². The van der Waals surface area contributed by atoms with E-state index in [1.165, 1.54) is 0 Å². The molecule has 4 N–H and O–H groups in total. The highest BCUT2D eigenvalue weighted by Gasteiger charge is 2.28. The first-order chi connectivity index (χ1) is 15.6. The van der Waals surface area contributed by atoms with E-state index in [2.05, 4.69) is 10.6 Å². The van der Waals surface area contributed by atoms with Gasteiger partial charge in [-0.05, 0) is 48.7 Å². The number of hydrogen-bond donors (Lipinski definition) is 3. The molecular formula is C25H29N3O4S. The van der Waals surface area contributed by atoms with E-state index in [4.69, 9.17) is 10.5 Å². The second kappa shape index (κ2) is 10.5. The Morgan fingerprint density at radius 3 is 2.27 bits per heavy atom. The van der Waals surface area contributed by atoms with E-state index < -0.39 is 35.6 Å². The summed E-state index contributed by atoms with van der Waals surface area (Å²) in [7, 11) is 0. The number of amides is 3. The number of fused-ring (bicyclic) bond motifs is 1. The number of primary amides is 1. The van der Waals surface area contributed by atoms with Crippen LogP contribution in [0.1, 0.15) is 31.9 Å². The molecule has 0 saturated heterocycles. The number of alkyl carbamates (subject to hydrolysis) is 1. The molecule has 0 spiro atoms. The third-order valence-corrected chi connectivity index (χ3v) is 5.95. The van der Waals surface area contributed by atoms with Gasteiger partial charge in [0.05, 0.1) is 0 Å². The Morgan fingerprint density at radius 1 is 0.939 bits per heavy atom. The summed E-state index contributed by atoms with van der Waals surface area (Å²) >= 11 is 1.57. The normalized spacial score (nSPS) is 13.2. The fraction of sp³-hybridized carbons (Fsp3) is 0.320. The summed E-state index contributed by atoms with van der Waals surface area (Å²) in [6.07, 6.45) is -0.213. The topological polar surface area (TPSA) is 111 Å². The maximum Gasteiger partial charge on any atom is 0.408 e. The van der Waals surface area contributed by atoms with Crippen molar-refractivity contribution in [3.05, 3.63) is 71.1 Å². The Morgan fingerprint density at radius 2 is 1.61 bits per heavy atom. The Labute approximate surface area is 197 Å². The SMILES string of the molecule is CC(C)(C)OC(=O)N[C@@H](Cc1csc2ccccc12)C(=O)N[C@H](Cc1ccccc1)C(N)=O. The van der Waals surface area contributed by atoms with E-state index in [9.17, 15) is 14.4 Å². The van der Waals surface area contributed by atoms with Gasteiger partial charge in [0.15, 0.2) is 0 Å². The molecule has 3 rings (SSSR count). The van der Waals surface area contributed by atoms with Crippen LogP contribution in [0.2, 0.25) is 0 Å². The second-order valence-electron chi connectivity index (χ2n) is 8.81. The van der Waals surface area contributed by atoms with Crippen LogP contribution in [0.25, 0.3) is 10.1 Å². The largest absolute Gasteiger partial charge is 0.444 e. The Bertz CT molecular complexity index is 1120. The molecule has 7 nitrogen and oxygen atoms in total. The summed E-state index contributed by atoms with van der Waals surface area (Å²) in [6.45, 7) is 5.24. The van der Waals surface area contributed by atoms with Gasteiger partial charge in [-0.15, -0.1) is 11.3 Å². The number of carbonyl (C=O) groups excluding carboxylic acids is 3. The molecule has 0 aliphatic rings. The molecule has 33 heavy (non-hydrogen) atoms. The van der Waals surface area contributed by atoms with Crippen molar-refractivity contribution in [3.8, 4) is 0 Å². The number of benzene rings is 2. The molecule has 0 fully saturated rings. The maximum absolute atomic E-state index is 13.2. The number of nitrogens with one attached hydrogen (secondary N) is 2. The first kappa shape index (κ1) is 24.3. The van der Waals surface area contributed by atoms with Gasteiger partial charge in [0.1, 0.15) is 17.7 Å². The van der Waals surface area contributed by atoms with E-state index in [1.54, 1.807) is 32.1 Å². The van der Waals surface area contributed by atoms with Gasteiger partial charge in [0.2, 0.25) is 11.8 Å². The zero-order chi connectivity index (χ0) is 24.0. The van der Waals surface area contributed by atoms with E-state index >= 15 is 0 Å². The van der Waals surface area contributed by atoms with E-state index in [0.717, 1.165) is 21.2 Å². The summed E-state index contributed by atoms with van der Waals surface area (Å²) in [5, 5.41) is 8.36. The Hall–Kier alpha value is -3.39. The van der Waals surface area contributed by atoms with Crippen LogP contribution in [0, 0.1) is 0 Å². The number of rotatable bonds is 8. The molecule has 0 radical (unpaired) electrons. The van der Waals surface area contributed by atoms with Crippen molar-refractivity contribution in [2.75, 3.05) is 0 Å². The second-order valence-corrected chi connectivity index (χ2v) is 9.72. The minimum absolute atomic E-state index is 0.242. The van der Waals surface area contributed by atoms with Gasteiger partial charge in [-0.25, -0.2) is 4.79 Å². The summed E-state index contributed by atoms with van der Waals surface area (Å²) in [5.41, 5.74) is 6.63. The van der Waals surface area contributed by atoms with E-state index in [-0.39, 0.29) is 12.8 Å². The highest BCUT2D eigenvalue weighted by molar-refractivity contribution is 7.17. The lowest BCUT2D eigenvalue weighted by atomic mass is 10.0. The van der Waals surface area contributed by atoms with Crippen molar-refractivity contribution >= 4 is 39.3 Å². The molecular weight excluding hydrogens is 438 g/mol. The summed E-state index contributed by atoms with van der Waals surface area (Å²) in [5.74, 6) is -1.15. The number of thiophene rings is 1. The first-order valence-electron chi connectivity index (χ1n) is 10.7. The van der Waals surface area contributed by atoms with E-state index in [0.29, 0.717) is 0 Å². The standard InChI is InChI=1S/C25H29N3O4S/c1-25(2,3)32-24(31)28-20(14-17-15-33-21-12-8-7-11-18(17)21)23(30)27-19(22(26)29)13-16-9-5-4-6-10-16/h4-12,15,19-20H,13-14H2,1-3H3,(H2,26,29)(H,27,30)(H,28,31)/t19-,20+/m1/s1. The Balaban J connectivity index is 1.81. The number of ether oxygens (including phenoxy) is 1. The monoisotopic (exact) mass is 467 g/mol. The highest BCUT2D eigenvalue weighted by Crippen LogP contribution is 2.26. The molecule has 0 aliphatic carbocycles. The molecule has 8 heteroatoms. The molecule has 1 aromatic heterocycles. The molecule has 174 valence electrons. The zero-order valence-electron chi connectivity index (χ0n) is 19.0. The lowest BCUT2D eigenvalue weighted by Gasteiger charge is -2.25. The van der Waals surface area contributed by atoms with Crippen molar-refractivity contribution < 1.29 is 19.1 Å². The molecule has 1 heterocycles. The van der Waals surface area contributed by atoms with Gasteiger partial charge in [-0.3, -0.25) is 9.59 Å². The fourth-order valence-corrected chi connectivity index (χ4v) is 4.39. The van der Waals surface area contributed by atoms with Crippen molar-refractivity contribution in [2.24, 2.45) is 5.73 Å². The van der Waals surface area contributed by atoms with Crippen molar-refractivity contribution in [1.29, 1.82) is 0 Å². The summed E-state index contributed by atoms with van der Waals surface area (Å²) < 4.78 is 6.44. The molecule has 0 unspecified atom stereocenters. The van der Waals surface area contributed by atoms with Gasteiger partial charge >= 0.3 is 6.09 Å². The Kier molecular flexibility index (Phi) is 7.71. The van der Waals surface area contributed by atoms with Crippen LogP contribution < -0.4 is 16.4 Å². The van der Waals surface area contributed by atoms with Crippen molar-refractivity contribution in [3.63, 3.8) is 0 Å². The first-order valence-corrected chi connectivity index (χ1v) is 11.6. The third-order valence-electron chi connectivity index (χ3n) is 4.94. The lowest BCUT2D eigenvalue weighted by Crippen LogP contribution is -2.54. The molecule has 3 amide bonds. The van der Waals surface area contributed by atoms with Crippen LogP contribution in [0.15, 0.2) is 60.0 Å². The average Bonchev–Trinajstić information content (AvgIpc) is 3.15. The van der Waals surface area contributed by atoms with Crippen molar-refractivity contribution in [2.45, 2.75) is 51.3 Å².